The summed E-state index contributed by atoms with van der Waals surface area (Å²) in [6, 6.07) is 7.93. The van der Waals surface area contributed by atoms with Crippen molar-refractivity contribution in [1.82, 2.24) is 9.97 Å². The van der Waals surface area contributed by atoms with Crippen molar-refractivity contribution in [2.24, 2.45) is 5.16 Å². The Morgan fingerprint density at radius 3 is 2.24 bits per heavy atom. The highest BCUT2D eigenvalue weighted by Gasteiger charge is 2.62. The molecule has 3 aromatic rings. The van der Waals surface area contributed by atoms with Crippen LogP contribution in [-0.2, 0) is 15.2 Å². The van der Waals surface area contributed by atoms with E-state index >= 15 is 0 Å². The number of rotatable bonds is 4. The molecule has 7 nitrogen and oxygen atoms in total. The summed E-state index contributed by atoms with van der Waals surface area (Å²) >= 11 is 11.9. The van der Waals surface area contributed by atoms with Crippen molar-refractivity contribution in [3.63, 3.8) is 0 Å². The zero-order chi connectivity index (χ0) is 27.1. The van der Waals surface area contributed by atoms with Crippen LogP contribution in [0, 0.1) is 6.92 Å². The normalized spacial score (nSPS) is 17.2. The van der Waals surface area contributed by atoms with Crippen molar-refractivity contribution >= 4 is 60.0 Å². The van der Waals surface area contributed by atoms with Crippen LogP contribution in [0.2, 0.25) is 10.0 Å². The van der Waals surface area contributed by atoms with E-state index in [1.165, 1.54) is 43.6 Å². The first-order chi connectivity index (χ1) is 17.3. The molecule has 0 aliphatic carbocycles. The SMILES string of the molecule is Bc1cnc(N(C(C)=O)C(=O)c2ccc(C3=NOC(c4cc(Cl)cc(Cl)c4)(C(F)(F)F)C3)cc2C)nc1. The highest BCUT2D eigenvalue weighted by Crippen LogP contribution is 2.49. The third-order valence-electron chi connectivity index (χ3n) is 5.79. The zero-order valence-corrected chi connectivity index (χ0v) is 21.2. The summed E-state index contributed by atoms with van der Waals surface area (Å²) in [5.41, 5.74) is -1.45. The number of carbonyl (C=O) groups is 2. The summed E-state index contributed by atoms with van der Waals surface area (Å²) in [7, 11) is 1.76. The van der Waals surface area contributed by atoms with E-state index in [9.17, 15) is 22.8 Å². The molecule has 1 aliphatic rings. The van der Waals surface area contributed by atoms with E-state index in [4.69, 9.17) is 28.0 Å². The van der Waals surface area contributed by atoms with Gasteiger partial charge in [-0.3, -0.25) is 9.59 Å². The number of oxime groups is 1. The topological polar surface area (TPSA) is 84.8 Å². The largest absolute Gasteiger partial charge is 0.435 e. The molecule has 0 bridgehead atoms. The molecule has 2 heterocycles. The molecule has 37 heavy (non-hydrogen) atoms. The number of halogens is 5. The number of alkyl halides is 3. The van der Waals surface area contributed by atoms with E-state index in [2.05, 4.69) is 15.1 Å². The van der Waals surface area contributed by atoms with Gasteiger partial charge in [-0.25, -0.2) is 14.9 Å². The van der Waals surface area contributed by atoms with Gasteiger partial charge in [-0.1, -0.05) is 39.9 Å². The average Bonchev–Trinajstić information content (AvgIpc) is 3.27. The summed E-state index contributed by atoms with van der Waals surface area (Å²) in [6.45, 7) is 2.80. The Kier molecular flexibility index (Phi) is 7.05. The lowest BCUT2D eigenvalue weighted by atomic mass is 9.86. The molecule has 0 spiro atoms. The van der Waals surface area contributed by atoms with E-state index in [1.54, 1.807) is 14.8 Å². The van der Waals surface area contributed by atoms with Crippen LogP contribution in [0.25, 0.3) is 0 Å². The molecule has 0 fully saturated rings. The second-order valence-corrected chi connectivity index (χ2v) is 9.41. The molecule has 1 unspecified atom stereocenters. The number of amides is 2. The second kappa shape index (κ2) is 9.79. The maximum Gasteiger partial charge on any atom is 0.435 e. The Bertz CT molecular complexity index is 1410. The molecule has 0 radical (unpaired) electrons. The van der Waals surface area contributed by atoms with Crippen LogP contribution in [0.1, 0.15) is 40.4 Å². The number of benzene rings is 2. The van der Waals surface area contributed by atoms with Gasteiger partial charge >= 0.3 is 6.18 Å². The molecule has 13 heteroatoms. The molecule has 2 aromatic carbocycles. The van der Waals surface area contributed by atoms with Crippen LogP contribution in [0.5, 0.6) is 0 Å². The van der Waals surface area contributed by atoms with Crippen LogP contribution in [-0.4, -0.2) is 41.5 Å². The Labute approximate surface area is 220 Å². The highest BCUT2D eigenvalue weighted by molar-refractivity contribution is 6.34. The van der Waals surface area contributed by atoms with Gasteiger partial charge in [-0.05, 0) is 48.4 Å². The van der Waals surface area contributed by atoms with Gasteiger partial charge in [0, 0.05) is 46.9 Å². The lowest BCUT2D eigenvalue weighted by Crippen LogP contribution is -2.42. The molecule has 2 amide bonds. The standard InChI is InChI=1S/C24H18BCl2F3N4O3/c1-12-5-14(3-4-19(12)21(36)34(13(2)35)22-31-10-16(25)11-32-22)20-9-23(37-33-20,24(28,29)30)15-6-17(26)8-18(27)7-15/h3-8,10-11H,9,25H2,1-2H3. The monoisotopic (exact) mass is 548 g/mol. The maximum atomic E-state index is 14.3. The number of imide groups is 1. The molecule has 4 rings (SSSR count). The summed E-state index contributed by atoms with van der Waals surface area (Å²) < 4.78 is 42.8. The first-order valence-corrected chi connectivity index (χ1v) is 11.6. The minimum Gasteiger partial charge on any atom is -0.374 e. The van der Waals surface area contributed by atoms with Crippen molar-refractivity contribution in [3.8, 4) is 0 Å². The van der Waals surface area contributed by atoms with Crippen molar-refractivity contribution in [1.29, 1.82) is 0 Å². The maximum absolute atomic E-state index is 14.3. The van der Waals surface area contributed by atoms with Gasteiger partial charge in [0.05, 0.1) is 5.71 Å². The van der Waals surface area contributed by atoms with Gasteiger partial charge in [0.25, 0.3) is 11.5 Å². The predicted molar refractivity (Wildman–Crippen MR) is 135 cm³/mol. The molecular weight excluding hydrogens is 531 g/mol. The molecule has 0 saturated heterocycles. The van der Waals surface area contributed by atoms with E-state index in [0.717, 1.165) is 22.5 Å². The van der Waals surface area contributed by atoms with Crippen molar-refractivity contribution in [3.05, 3.63) is 81.1 Å². The summed E-state index contributed by atoms with van der Waals surface area (Å²) in [5.74, 6) is -1.36. The molecule has 1 aromatic heterocycles. The summed E-state index contributed by atoms with van der Waals surface area (Å²) in [6.07, 6.45) is -2.54. The lowest BCUT2D eigenvalue weighted by molar-refractivity contribution is -0.275. The minimum atomic E-state index is -4.84. The predicted octanol–water partition coefficient (Wildman–Crippen LogP) is 4.13. The summed E-state index contributed by atoms with van der Waals surface area (Å²) in [5, 5.41) is 3.78. The van der Waals surface area contributed by atoms with Gasteiger partial charge < -0.3 is 4.84 Å². The fourth-order valence-corrected chi connectivity index (χ4v) is 4.45. The third kappa shape index (κ3) is 5.06. The molecule has 0 saturated carbocycles. The van der Waals surface area contributed by atoms with E-state index in [1.807, 2.05) is 0 Å². The number of nitrogens with zero attached hydrogens (tertiary/aromatic N) is 4. The first-order valence-electron chi connectivity index (χ1n) is 10.9. The van der Waals surface area contributed by atoms with Gasteiger partial charge in [0.15, 0.2) is 0 Å². The Hall–Kier alpha value is -3.44. The highest BCUT2D eigenvalue weighted by atomic mass is 35.5. The fourth-order valence-electron chi connectivity index (χ4n) is 3.93. The smallest absolute Gasteiger partial charge is 0.374 e. The molecule has 190 valence electrons. The van der Waals surface area contributed by atoms with Crippen LogP contribution in [0.4, 0.5) is 19.1 Å². The third-order valence-corrected chi connectivity index (χ3v) is 6.23. The quantitative estimate of drug-likeness (QED) is 0.458. The minimum absolute atomic E-state index is 0.0146. The van der Waals surface area contributed by atoms with Crippen LogP contribution in [0.3, 0.4) is 0 Å². The molecule has 1 atom stereocenters. The number of carbonyl (C=O) groups excluding carboxylic acids is 2. The number of aromatic nitrogens is 2. The first kappa shape index (κ1) is 26.6. The average molecular weight is 549 g/mol. The van der Waals surface area contributed by atoms with E-state index < -0.39 is 30.0 Å². The zero-order valence-electron chi connectivity index (χ0n) is 19.7. The van der Waals surface area contributed by atoms with Gasteiger partial charge in [-0.15, -0.1) is 0 Å². The van der Waals surface area contributed by atoms with Crippen molar-refractivity contribution in [2.45, 2.75) is 32.0 Å². The van der Waals surface area contributed by atoms with Crippen LogP contribution < -0.4 is 10.4 Å². The van der Waals surface area contributed by atoms with Crippen molar-refractivity contribution < 1.29 is 27.6 Å². The van der Waals surface area contributed by atoms with Crippen molar-refractivity contribution in [2.75, 3.05) is 4.90 Å². The number of hydrogen-bond donors (Lipinski definition) is 0. The summed E-state index contributed by atoms with van der Waals surface area (Å²) in [4.78, 5) is 39.4. The Balaban J connectivity index is 1.66. The van der Waals surface area contributed by atoms with Crippen LogP contribution in [0.15, 0.2) is 53.9 Å². The van der Waals surface area contributed by atoms with Crippen LogP contribution >= 0.6 is 23.2 Å². The number of aryl methyl sites for hydroxylation is 1. The molecule has 1 aliphatic heterocycles. The van der Waals surface area contributed by atoms with Gasteiger partial charge in [-0.2, -0.15) is 13.2 Å². The lowest BCUT2D eigenvalue weighted by Gasteiger charge is -2.29. The fraction of sp³-hybridized carbons (Fsp3) is 0.208. The number of anilines is 1. The van der Waals surface area contributed by atoms with Gasteiger partial charge in [0.1, 0.15) is 7.85 Å². The number of hydrogen-bond acceptors (Lipinski definition) is 6. The van der Waals surface area contributed by atoms with E-state index in [-0.39, 0.29) is 32.8 Å². The Morgan fingerprint density at radius 1 is 1.08 bits per heavy atom. The van der Waals surface area contributed by atoms with E-state index in [0.29, 0.717) is 11.1 Å². The Morgan fingerprint density at radius 2 is 1.70 bits per heavy atom. The van der Waals surface area contributed by atoms with Gasteiger partial charge in [0.2, 0.25) is 11.9 Å². The molecule has 0 N–H and O–H groups in total. The second-order valence-electron chi connectivity index (χ2n) is 8.54. The molecular formula is C24H18BCl2F3N4O3.